The first-order chi connectivity index (χ1) is 12.9. The monoisotopic (exact) mass is 379 g/mol. The van der Waals surface area contributed by atoms with Crippen LogP contribution >= 0.6 is 0 Å². The number of rotatable bonds is 7. The highest BCUT2D eigenvalue weighted by Gasteiger charge is 2.44. The highest BCUT2D eigenvalue weighted by atomic mass is 19.4. The summed E-state index contributed by atoms with van der Waals surface area (Å²) in [5, 5.41) is 2.77. The molecule has 1 N–H and O–H groups in total. The van der Waals surface area contributed by atoms with Gasteiger partial charge in [0.2, 0.25) is 5.91 Å². The largest absolute Gasteiger partial charge is 0.497 e. The average molecular weight is 379 g/mol. The Balaban J connectivity index is 1.45. The predicted molar refractivity (Wildman–Crippen MR) is 93.8 cm³/mol. The first-order valence-electron chi connectivity index (χ1n) is 8.60. The number of carbonyl (C=O) groups excluding carboxylic acids is 1. The summed E-state index contributed by atoms with van der Waals surface area (Å²) in [5.41, 5.74) is -0.129. The molecule has 0 bridgehead atoms. The van der Waals surface area contributed by atoms with Crippen molar-refractivity contribution in [2.75, 3.05) is 20.3 Å². The van der Waals surface area contributed by atoms with Crippen LogP contribution in [0.1, 0.15) is 23.5 Å². The zero-order valence-electron chi connectivity index (χ0n) is 14.8. The van der Waals surface area contributed by atoms with Gasteiger partial charge in [0.05, 0.1) is 19.2 Å². The summed E-state index contributed by atoms with van der Waals surface area (Å²) in [7, 11) is 1.57. The molecule has 144 valence electrons. The van der Waals surface area contributed by atoms with Crippen molar-refractivity contribution >= 4 is 5.91 Å². The van der Waals surface area contributed by atoms with Crippen molar-refractivity contribution in [2.24, 2.45) is 5.92 Å². The van der Waals surface area contributed by atoms with E-state index in [2.05, 4.69) is 5.32 Å². The van der Waals surface area contributed by atoms with Crippen LogP contribution in [0.5, 0.6) is 11.5 Å². The van der Waals surface area contributed by atoms with E-state index < -0.39 is 11.7 Å². The van der Waals surface area contributed by atoms with E-state index in [9.17, 15) is 18.0 Å². The third kappa shape index (κ3) is 4.93. The van der Waals surface area contributed by atoms with Gasteiger partial charge in [0.15, 0.2) is 0 Å². The molecule has 0 saturated heterocycles. The summed E-state index contributed by atoms with van der Waals surface area (Å²) in [5.74, 6) is 0.707. The Morgan fingerprint density at radius 3 is 2.63 bits per heavy atom. The Hall–Kier alpha value is -2.70. The highest BCUT2D eigenvalue weighted by Crippen LogP contribution is 2.48. The molecule has 0 aliphatic heterocycles. The quantitative estimate of drug-likeness (QED) is 0.740. The van der Waals surface area contributed by atoms with Gasteiger partial charge in [0, 0.05) is 12.0 Å². The molecule has 4 nitrogen and oxygen atoms in total. The molecule has 7 heteroatoms. The molecule has 1 aliphatic rings. The van der Waals surface area contributed by atoms with Gasteiger partial charge in [0.1, 0.15) is 18.1 Å². The topological polar surface area (TPSA) is 47.6 Å². The smallest absolute Gasteiger partial charge is 0.416 e. The number of amides is 1. The number of ether oxygens (including phenoxy) is 2. The second-order valence-corrected chi connectivity index (χ2v) is 6.39. The molecule has 0 aromatic heterocycles. The minimum Gasteiger partial charge on any atom is -0.497 e. The molecule has 2 aromatic rings. The van der Waals surface area contributed by atoms with Gasteiger partial charge in [-0.3, -0.25) is 4.79 Å². The van der Waals surface area contributed by atoms with Crippen LogP contribution in [-0.4, -0.2) is 26.2 Å². The summed E-state index contributed by atoms with van der Waals surface area (Å²) in [6, 6.07) is 12.3. The van der Waals surface area contributed by atoms with Gasteiger partial charge in [-0.2, -0.15) is 13.2 Å². The van der Waals surface area contributed by atoms with Gasteiger partial charge in [-0.05, 0) is 36.1 Å². The molecule has 1 amide bonds. The number of hydrogen-bond donors (Lipinski definition) is 1. The predicted octanol–water partition coefficient (Wildman–Crippen LogP) is 4.01. The number of hydrogen-bond acceptors (Lipinski definition) is 3. The van der Waals surface area contributed by atoms with Gasteiger partial charge in [-0.15, -0.1) is 0 Å². The Morgan fingerprint density at radius 2 is 1.89 bits per heavy atom. The van der Waals surface area contributed by atoms with E-state index in [0.717, 1.165) is 12.1 Å². The van der Waals surface area contributed by atoms with E-state index >= 15 is 0 Å². The summed E-state index contributed by atoms with van der Waals surface area (Å²) in [4.78, 5) is 12.2. The lowest BCUT2D eigenvalue weighted by atomic mass is 10.1. The van der Waals surface area contributed by atoms with E-state index in [1.165, 1.54) is 6.07 Å². The molecule has 0 heterocycles. The van der Waals surface area contributed by atoms with E-state index in [-0.39, 0.29) is 17.7 Å². The summed E-state index contributed by atoms with van der Waals surface area (Å²) in [6.45, 7) is 0.613. The highest BCUT2D eigenvalue weighted by molar-refractivity contribution is 5.82. The van der Waals surface area contributed by atoms with Crippen LogP contribution in [0, 0.1) is 5.92 Å². The number of benzene rings is 2. The van der Waals surface area contributed by atoms with E-state index in [1.807, 2.05) is 0 Å². The Kier molecular flexibility index (Phi) is 5.58. The molecular weight excluding hydrogens is 359 g/mol. The average Bonchev–Trinajstić information content (AvgIpc) is 3.46. The maximum Gasteiger partial charge on any atom is 0.416 e. The van der Waals surface area contributed by atoms with E-state index in [1.54, 1.807) is 37.4 Å². The molecular formula is C20H20F3NO3. The number of alkyl halides is 3. The molecule has 3 rings (SSSR count). The van der Waals surface area contributed by atoms with Crippen molar-refractivity contribution in [1.29, 1.82) is 0 Å². The molecule has 2 unspecified atom stereocenters. The molecule has 0 radical (unpaired) electrons. The lowest BCUT2D eigenvalue weighted by molar-refractivity contribution is -0.137. The first kappa shape index (κ1) is 19.1. The summed E-state index contributed by atoms with van der Waals surface area (Å²) >= 11 is 0. The second-order valence-electron chi connectivity index (χ2n) is 6.39. The number of halogens is 3. The normalized spacial score (nSPS) is 18.7. The van der Waals surface area contributed by atoms with Gasteiger partial charge < -0.3 is 14.8 Å². The van der Waals surface area contributed by atoms with Crippen molar-refractivity contribution in [3.05, 3.63) is 59.7 Å². The fraction of sp³-hybridized carbons (Fsp3) is 0.350. The summed E-state index contributed by atoms with van der Waals surface area (Å²) in [6.07, 6.45) is -3.82. The van der Waals surface area contributed by atoms with Gasteiger partial charge in [0.25, 0.3) is 0 Å². The molecule has 0 spiro atoms. The van der Waals surface area contributed by atoms with Crippen molar-refractivity contribution in [3.8, 4) is 11.5 Å². The zero-order valence-corrected chi connectivity index (χ0v) is 14.8. The van der Waals surface area contributed by atoms with Crippen LogP contribution in [-0.2, 0) is 11.0 Å². The third-order valence-electron chi connectivity index (χ3n) is 4.48. The minimum atomic E-state index is -4.37. The molecule has 2 atom stereocenters. The summed E-state index contributed by atoms with van der Waals surface area (Å²) < 4.78 is 49.0. The van der Waals surface area contributed by atoms with Crippen LogP contribution < -0.4 is 14.8 Å². The molecule has 1 aliphatic carbocycles. The van der Waals surface area contributed by atoms with Crippen LogP contribution in [0.4, 0.5) is 13.2 Å². The van der Waals surface area contributed by atoms with Gasteiger partial charge in [-0.25, -0.2) is 0 Å². The number of carbonyl (C=O) groups is 1. The van der Waals surface area contributed by atoms with Crippen LogP contribution in [0.25, 0.3) is 0 Å². The fourth-order valence-corrected chi connectivity index (χ4v) is 2.96. The van der Waals surface area contributed by atoms with Crippen molar-refractivity contribution in [3.63, 3.8) is 0 Å². The van der Waals surface area contributed by atoms with Crippen LogP contribution in [0.15, 0.2) is 48.5 Å². The zero-order chi connectivity index (χ0) is 19.4. The SMILES string of the molecule is COc1cccc(OCCNC(=O)C2CC2c2cccc(C(F)(F)F)c2)c1. The molecule has 1 fully saturated rings. The number of nitrogens with one attached hydrogen (secondary N) is 1. The molecule has 1 saturated carbocycles. The Labute approximate surface area is 155 Å². The molecule has 27 heavy (non-hydrogen) atoms. The van der Waals surface area contributed by atoms with Crippen molar-refractivity contribution < 1.29 is 27.4 Å². The Morgan fingerprint density at radius 1 is 1.15 bits per heavy atom. The van der Waals surface area contributed by atoms with E-state index in [0.29, 0.717) is 36.6 Å². The van der Waals surface area contributed by atoms with Gasteiger partial charge in [-0.1, -0.05) is 24.3 Å². The minimum absolute atomic E-state index is 0.161. The van der Waals surface area contributed by atoms with Crippen molar-refractivity contribution in [1.82, 2.24) is 5.32 Å². The molecule has 2 aromatic carbocycles. The maximum atomic E-state index is 12.8. The van der Waals surface area contributed by atoms with E-state index in [4.69, 9.17) is 9.47 Å². The third-order valence-corrected chi connectivity index (χ3v) is 4.48. The standard InChI is InChI=1S/C20H20F3NO3/c1-26-15-6-3-7-16(11-15)27-9-8-24-19(25)18-12-17(18)13-4-2-5-14(10-13)20(21,22)23/h2-7,10-11,17-18H,8-9,12H2,1H3,(H,24,25). The lowest BCUT2D eigenvalue weighted by Gasteiger charge is -2.10. The Bertz CT molecular complexity index is 807. The maximum absolute atomic E-state index is 12.8. The second kappa shape index (κ2) is 7.90. The number of methoxy groups -OCH3 is 1. The van der Waals surface area contributed by atoms with Gasteiger partial charge >= 0.3 is 6.18 Å². The lowest BCUT2D eigenvalue weighted by Crippen LogP contribution is -2.29. The van der Waals surface area contributed by atoms with Crippen molar-refractivity contribution in [2.45, 2.75) is 18.5 Å². The first-order valence-corrected chi connectivity index (χ1v) is 8.60. The van der Waals surface area contributed by atoms with Crippen LogP contribution in [0.3, 0.4) is 0 Å². The fourth-order valence-electron chi connectivity index (χ4n) is 2.96. The van der Waals surface area contributed by atoms with Crippen LogP contribution in [0.2, 0.25) is 0 Å².